The van der Waals surface area contributed by atoms with Crippen molar-refractivity contribution in [3.63, 3.8) is 0 Å². The number of hydrogen-bond acceptors (Lipinski definition) is 4. The monoisotopic (exact) mass is 245 g/mol. The average Bonchev–Trinajstić information content (AvgIpc) is 2.20. The Hall–Kier alpha value is -1.14. The van der Waals surface area contributed by atoms with Gasteiger partial charge in [0.1, 0.15) is 0 Å². The van der Waals surface area contributed by atoms with Crippen molar-refractivity contribution in [1.82, 2.24) is 10.8 Å². The SMILES string of the molecule is CC(C)[C@H](N)C(=O)NCC(=O)NOC(C)(C)C. The van der Waals surface area contributed by atoms with Gasteiger partial charge >= 0.3 is 0 Å². The lowest BCUT2D eigenvalue weighted by atomic mass is 10.1. The molecule has 6 heteroatoms. The predicted molar refractivity (Wildman–Crippen MR) is 64.8 cm³/mol. The van der Waals surface area contributed by atoms with Crippen molar-refractivity contribution in [3.05, 3.63) is 0 Å². The molecule has 0 unspecified atom stereocenters. The Morgan fingerprint density at radius 2 is 1.82 bits per heavy atom. The molecule has 0 aliphatic rings. The molecule has 17 heavy (non-hydrogen) atoms. The molecule has 0 radical (unpaired) electrons. The molecule has 0 aromatic heterocycles. The van der Waals surface area contributed by atoms with E-state index in [2.05, 4.69) is 10.8 Å². The zero-order valence-corrected chi connectivity index (χ0v) is 11.2. The Morgan fingerprint density at radius 3 is 2.24 bits per heavy atom. The molecule has 0 fully saturated rings. The number of nitrogens with one attached hydrogen (secondary N) is 2. The molecular formula is C11H23N3O3. The highest BCUT2D eigenvalue weighted by molar-refractivity contribution is 5.87. The van der Waals surface area contributed by atoms with Crippen LogP contribution in [-0.2, 0) is 14.4 Å². The Kier molecular flexibility index (Phi) is 6.12. The summed E-state index contributed by atoms with van der Waals surface area (Å²) in [6.45, 7) is 8.96. The summed E-state index contributed by atoms with van der Waals surface area (Å²) >= 11 is 0. The average molecular weight is 245 g/mol. The molecule has 0 bridgehead atoms. The minimum absolute atomic E-state index is 0.0314. The van der Waals surface area contributed by atoms with E-state index in [9.17, 15) is 9.59 Å². The van der Waals surface area contributed by atoms with Gasteiger partial charge in [-0.15, -0.1) is 0 Å². The molecule has 0 saturated heterocycles. The van der Waals surface area contributed by atoms with Crippen LogP contribution in [0.2, 0.25) is 0 Å². The molecule has 0 spiro atoms. The van der Waals surface area contributed by atoms with E-state index in [4.69, 9.17) is 10.6 Å². The highest BCUT2D eigenvalue weighted by Gasteiger charge is 2.18. The van der Waals surface area contributed by atoms with Crippen LogP contribution < -0.4 is 16.5 Å². The molecule has 100 valence electrons. The summed E-state index contributed by atoms with van der Waals surface area (Å²) in [5.41, 5.74) is 7.40. The fourth-order valence-corrected chi connectivity index (χ4v) is 0.834. The van der Waals surface area contributed by atoms with Crippen LogP contribution in [0.4, 0.5) is 0 Å². The van der Waals surface area contributed by atoms with Gasteiger partial charge in [0, 0.05) is 0 Å². The Bertz CT molecular complexity index is 272. The molecule has 0 heterocycles. The van der Waals surface area contributed by atoms with Crippen LogP contribution >= 0.6 is 0 Å². The molecule has 0 rings (SSSR count). The smallest absolute Gasteiger partial charge is 0.262 e. The van der Waals surface area contributed by atoms with Crippen molar-refractivity contribution < 1.29 is 14.4 Å². The second-order valence-corrected chi connectivity index (χ2v) is 5.23. The van der Waals surface area contributed by atoms with Crippen molar-refractivity contribution >= 4 is 11.8 Å². The van der Waals surface area contributed by atoms with E-state index in [1.807, 2.05) is 13.8 Å². The Balaban J connectivity index is 3.89. The summed E-state index contributed by atoms with van der Waals surface area (Å²) in [5.74, 6) is -0.723. The first kappa shape index (κ1) is 15.9. The van der Waals surface area contributed by atoms with Crippen molar-refractivity contribution in [2.24, 2.45) is 11.7 Å². The standard InChI is InChI=1S/C11H23N3O3/c1-7(2)9(12)10(16)13-6-8(15)14-17-11(3,4)5/h7,9H,6,12H2,1-5H3,(H,13,16)(H,14,15)/t9-/m0/s1. The molecule has 0 aromatic carbocycles. The minimum Gasteiger partial charge on any atom is -0.346 e. The van der Waals surface area contributed by atoms with Crippen molar-refractivity contribution in [1.29, 1.82) is 0 Å². The minimum atomic E-state index is -0.605. The number of carbonyl (C=O) groups is 2. The van der Waals surface area contributed by atoms with Gasteiger partial charge in [0.05, 0.1) is 18.2 Å². The maximum absolute atomic E-state index is 11.4. The lowest BCUT2D eigenvalue weighted by Gasteiger charge is -2.19. The zero-order chi connectivity index (χ0) is 13.6. The summed E-state index contributed by atoms with van der Waals surface area (Å²) < 4.78 is 0. The molecule has 2 amide bonds. The van der Waals surface area contributed by atoms with E-state index in [0.717, 1.165) is 0 Å². The molecule has 0 aliphatic carbocycles. The summed E-state index contributed by atoms with van der Waals surface area (Å²) in [4.78, 5) is 27.8. The molecule has 1 atom stereocenters. The lowest BCUT2D eigenvalue weighted by molar-refractivity contribution is -0.145. The van der Waals surface area contributed by atoms with Crippen LogP contribution in [0.15, 0.2) is 0 Å². The van der Waals surface area contributed by atoms with Crippen molar-refractivity contribution in [2.45, 2.75) is 46.3 Å². The van der Waals surface area contributed by atoms with E-state index < -0.39 is 17.6 Å². The Morgan fingerprint density at radius 1 is 1.29 bits per heavy atom. The summed E-state index contributed by atoms with van der Waals surface area (Å²) in [5, 5.41) is 2.44. The number of amides is 2. The highest BCUT2D eigenvalue weighted by Crippen LogP contribution is 2.03. The van der Waals surface area contributed by atoms with Gasteiger partial charge in [-0.2, -0.15) is 0 Å². The first-order valence-electron chi connectivity index (χ1n) is 5.63. The van der Waals surface area contributed by atoms with Crippen LogP contribution in [0, 0.1) is 5.92 Å². The van der Waals surface area contributed by atoms with E-state index in [1.54, 1.807) is 20.8 Å². The maximum Gasteiger partial charge on any atom is 0.262 e. The van der Waals surface area contributed by atoms with Gasteiger partial charge in [-0.1, -0.05) is 13.8 Å². The van der Waals surface area contributed by atoms with E-state index >= 15 is 0 Å². The first-order valence-corrected chi connectivity index (χ1v) is 5.63. The van der Waals surface area contributed by atoms with Crippen LogP contribution in [0.1, 0.15) is 34.6 Å². The van der Waals surface area contributed by atoms with Crippen LogP contribution in [0.3, 0.4) is 0 Å². The summed E-state index contributed by atoms with van der Waals surface area (Å²) in [7, 11) is 0. The van der Waals surface area contributed by atoms with Gasteiger partial charge in [-0.3, -0.25) is 14.4 Å². The zero-order valence-electron chi connectivity index (χ0n) is 11.2. The number of hydroxylamine groups is 1. The molecule has 0 aromatic rings. The second-order valence-electron chi connectivity index (χ2n) is 5.23. The normalized spacial score (nSPS) is 13.4. The van der Waals surface area contributed by atoms with Gasteiger partial charge in [0.2, 0.25) is 5.91 Å². The summed E-state index contributed by atoms with van der Waals surface area (Å²) in [6.07, 6.45) is 0. The quantitative estimate of drug-likeness (QED) is 0.591. The number of hydrogen-bond donors (Lipinski definition) is 3. The summed E-state index contributed by atoms with van der Waals surface area (Å²) in [6, 6.07) is -0.605. The molecule has 0 aliphatic heterocycles. The fourth-order valence-electron chi connectivity index (χ4n) is 0.834. The van der Waals surface area contributed by atoms with Crippen molar-refractivity contribution in [2.75, 3.05) is 6.54 Å². The largest absolute Gasteiger partial charge is 0.346 e. The third kappa shape index (κ3) is 7.70. The Labute approximate surface area is 102 Å². The fraction of sp³-hybridized carbons (Fsp3) is 0.818. The van der Waals surface area contributed by atoms with E-state index in [1.165, 1.54) is 0 Å². The molecule has 0 saturated carbocycles. The number of nitrogens with two attached hydrogens (primary N) is 1. The second kappa shape index (κ2) is 6.56. The third-order valence-corrected chi connectivity index (χ3v) is 1.92. The molecular weight excluding hydrogens is 222 g/mol. The van der Waals surface area contributed by atoms with E-state index in [0.29, 0.717) is 0 Å². The topological polar surface area (TPSA) is 93.5 Å². The van der Waals surface area contributed by atoms with Gasteiger partial charge in [0.15, 0.2) is 0 Å². The van der Waals surface area contributed by atoms with Gasteiger partial charge in [0.25, 0.3) is 5.91 Å². The van der Waals surface area contributed by atoms with E-state index in [-0.39, 0.29) is 18.4 Å². The molecule has 6 nitrogen and oxygen atoms in total. The number of rotatable bonds is 5. The predicted octanol–water partition coefficient (Wildman–Crippen LogP) is -0.0678. The highest BCUT2D eigenvalue weighted by atomic mass is 16.7. The first-order chi connectivity index (χ1) is 7.63. The van der Waals surface area contributed by atoms with Crippen molar-refractivity contribution in [3.8, 4) is 0 Å². The number of carbonyl (C=O) groups excluding carboxylic acids is 2. The van der Waals surface area contributed by atoms with Gasteiger partial charge < -0.3 is 11.1 Å². The third-order valence-electron chi connectivity index (χ3n) is 1.92. The van der Waals surface area contributed by atoms with Crippen LogP contribution in [0.25, 0.3) is 0 Å². The lowest BCUT2D eigenvalue weighted by Crippen LogP contribution is -2.47. The van der Waals surface area contributed by atoms with Gasteiger partial charge in [-0.05, 0) is 26.7 Å². The van der Waals surface area contributed by atoms with Gasteiger partial charge in [-0.25, -0.2) is 5.48 Å². The molecule has 4 N–H and O–H groups in total. The maximum atomic E-state index is 11.4. The van der Waals surface area contributed by atoms with Crippen LogP contribution in [-0.4, -0.2) is 30.0 Å². The van der Waals surface area contributed by atoms with Crippen LogP contribution in [0.5, 0.6) is 0 Å².